The largest absolute Gasteiger partial charge is 0.481 e. The summed E-state index contributed by atoms with van der Waals surface area (Å²) in [5, 5.41) is 9.90. The van der Waals surface area contributed by atoms with E-state index in [1.165, 1.54) is 17.6 Å². The van der Waals surface area contributed by atoms with Crippen molar-refractivity contribution in [2.24, 2.45) is 11.3 Å². The highest BCUT2D eigenvalue weighted by Gasteiger charge is 2.27. The number of allylic oxidation sites excluding steroid dienone is 2. The lowest BCUT2D eigenvalue weighted by Crippen LogP contribution is -2.23. The Bertz CT molecular complexity index is 1030. The van der Waals surface area contributed by atoms with E-state index in [1.807, 2.05) is 45.0 Å². The second kappa shape index (κ2) is 10.2. The third-order valence-corrected chi connectivity index (χ3v) is 6.65. The molecule has 0 aromatic heterocycles. The van der Waals surface area contributed by atoms with Crippen LogP contribution in [-0.4, -0.2) is 22.6 Å². The number of carboxylic acid groups (broad SMARTS) is 1. The fraction of sp³-hybridized carbons (Fsp3) is 0.467. The molecule has 0 radical (unpaired) electrons. The van der Waals surface area contributed by atoms with Gasteiger partial charge in [0.25, 0.3) is 0 Å². The quantitative estimate of drug-likeness (QED) is 0.458. The summed E-state index contributed by atoms with van der Waals surface area (Å²) in [6, 6.07) is 15.0. The van der Waals surface area contributed by atoms with E-state index in [4.69, 9.17) is 4.74 Å². The van der Waals surface area contributed by atoms with Gasteiger partial charge < -0.3 is 9.84 Å². The molecule has 2 unspecified atom stereocenters. The van der Waals surface area contributed by atoms with E-state index >= 15 is 0 Å². The summed E-state index contributed by atoms with van der Waals surface area (Å²) >= 11 is 0. The van der Waals surface area contributed by atoms with Gasteiger partial charge in [0.2, 0.25) is 0 Å². The summed E-state index contributed by atoms with van der Waals surface area (Å²) in [5.41, 5.74) is 4.43. The van der Waals surface area contributed by atoms with Gasteiger partial charge >= 0.3 is 11.9 Å². The van der Waals surface area contributed by atoms with Crippen molar-refractivity contribution in [3.63, 3.8) is 0 Å². The number of hydrogen-bond donors (Lipinski definition) is 1. The molecule has 0 saturated heterocycles. The zero-order chi connectivity index (χ0) is 25.1. The Morgan fingerprint density at radius 3 is 2.06 bits per heavy atom. The first-order chi connectivity index (χ1) is 15.8. The van der Waals surface area contributed by atoms with Crippen LogP contribution in [0.25, 0.3) is 5.57 Å². The van der Waals surface area contributed by atoms with Crippen molar-refractivity contribution in [2.45, 2.75) is 78.7 Å². The number of benzene rings is 2. The minimum atomic E-state index is -0.853. The molecule has 1 N–H and O–H groups in total. The summed E-state index contributed by atoms with van der Waals surface area (Å²) in [6.07, 6.45) is 6.06. The second-order valence-electron chi connectivity index (χ2n) is 11.5. The van der Waals surface area contributed by atoms with Gasteiger partial charge in [-0.25, -0.2) is 4.79 Å². The molecule has 0 heterocycles. The molecule has 0 spiro atoms. The predicted molar refractivity (Wildman–Crippen MR) is 137 cm³/mol. The highest BCUT2D eigenvalue weighted by atomic mass is 16.6. The van der Waals surface area contributed by atoms with E-state index < -0.39 is 17.5 Å². The monoisotopic (exact) mass is 462 g/mol. The van der Waals surface area contributed by atoms with Crippen molar-refractivity contribution in [1.82, 2.24) is 0 Å². The number of esters is 1. The number of carbonyl (C=O) groups is 2. The van der Waals surface area contributed by atoms with Crippen LogP contribution in [0.5, 0.6) is 0 Å². The molecule has 0 bridgehead atoms. The number of ether oxygens (including phenoxy) is 1. The first-order valence-electron chi connectivity index (χ1n) is 12.2. The molecule has 2 atom stereocenters. The molecule has 0 amide bonds. The van der Waals surface area contributed by atoms with E-state index in [-0.39, 0.29) is 5.97 Å². The normalized spacial score (nSPS) is 17.6. The number of rotatable bonds is 6. The summed E-state index contributed by atoms with van der Waals surface area (Å²) in [7, 11) is 0. The average Bonchev–Trinajstić information content (AvgIpc) is 2.76. The Labute approximate surface area is 204 Å². The molecule has 1 aliphatic rings. The van der Waals surface area contributed by atoms with Gasteiger partial charge in [0.05, 0.1) is 11.5 Å². The number of hydrogen-bond acceptors (Lipinski definition) is 3. The average molecular weight is 463 g/mol. The van der Waals surface area contributed by atoms with Crippen LogP contribution < -0.4 is 0 Å². The van der Waals surface area contributed by atoms with Gasteiger partial charge in [-0.3, -0.25) is 4.79 Å². The van der Waals surface area contributed by atoms with Crippen molar-refractivity contribution in [2.75, 3.05) is 0 Å². The molecular formula is C30H38O4. The van der Waals surface area contributed by atoms with Crippen LogP contribution in [0, 0.1) is 11.3 Å². The number of carbonyl (C=O) groups excluding carboxylic acids is 1. The first-order valence-corrected chi connectivity index (χ1v) is 12.2. The molecule has 4 heteroatoms. The summed E-state index contributed by atoms with van der Waals surface area (Å²) in [4.78, 5) is 24.3. The lowest BCUT2D eigenvalue weighted by molar-refractivity contribution is -0.138. The zero-order valence-corrected chi connectivity index (χ0v) is 21.4. The van der Waals surface area contributed by atoms with E-state index in [1.54, 1.807) is 12.1 Å². The molecule has 4 nitrogen and oxygen atoms in total. The Morgan fingerprint density at radius 1 is 0.971 bits per heavy atom. The fourth-order valence-corrected chi connectivity index (χ4v) is 4.51. The maximum atomic E-state index is 12.2. The van der Waals surface area contributed by atoms with E-state index in [2.05, 4.69) is 39.0 Å². The minimum absolute atomic E-state index is 0.325. The van der Waals surface area contributed by atoms with Gasteiger partial charge in [-0.1, -0.05) is 63.2 Å². The molecule has 1 aliphatic carbocycles. The molecule has 0 saturated carbocycles. The fourth-order valence-electron chi connectivity index (χ4n) is 4.51. The molecule has 0 aliphatic heterocycles. The highest BCUT2D eigenvalue weighted by Crippen LogP contribution is 2.39. The Hall–Kier alpha value is -2.88. The maximum Gasteiger partial charge on any atom is 0.338 e. The van der Waals surface area contributed by atoms with Crippen LogP contribution in [0.1, 0.15) is 93.8 Å². The zero-order valence-electron chi connectivity index (χ0n) is 21.4. The second-order valence-corrected chi connectivity index (χ2v) is 11.5. The highest BCUT2D eigenvalue weighted by molar-refractivity contribution is 5.89. The number of carboxylic acids is 1. The lowest BCUT2D eigenvalue weighted by atomic mass is 9.72. The lowest BCUT2D eigenvalue weighted by Gasteiger charge is -2.33. The van der Waals surface area contributed by atoms with Crippen molar-refractivity contribution in [3.8, 4) is 0 Å². The van der Waals surface area contributed by atoms with E-state index in [9.17, 15) is 14.7 Å². The third-order valence-electron chi connectivity index (χ3n) is 6.65. The standard InChI is InChI=1S/C30H38O4/c1-29(2,3)25-17-15-22(16-18-25)21-11-13-23(14-12-21)26(27(31)32)19-20-7-9-24(10-8-20)28(33)34-30(4,5)6/h7-15,25-26H,16-19H2,1-6H3,(H,31,32). The van der Waals surface area contributed by atoms with Gasteiger partial charge in [0.1, 0.15) is 5.60 Å². The van der Waals surface area contributed by atoms with Gasteiger partial charge in [0.15, 0.2) is 0 Å². The Kier molecular flexibility index (Phi) is 7.70. The van der Waals surface area contributed by atoms with Crippen LogP contribution in [0.3, 0.4) is 0 Å². The van der Waals surface area contributed by atoms with Crippen molar-refractivity contribution in [1.29, 1.82) is 0 Å². The van der Waals surface area contributed by atoms with Crippen molar-refractivity contribution < 1.29 is 19.4 Å². The third kappa shape index (κ3) is 6.82. The maximum absolute atomic E-state index is 12.2. The molecule has 2 aromatic rings. The minimum Gasteiger partial charge on any atom is -0.481 e. The van der Waals surface area contributed by atoms with Crippen LogP contribution in [0.4, 0.5) is 0 Å². The summed E-state index contributed by atoms with van der Waals surface area (Å²) in [6.45, 7) is 12.4. The van der Waals surface area contributed by atoms with E-state index in [0.29, 0.717) is 23.3 Å². The van der Waals surface area contributed by atoms with Gasteiger partial charge in [-0.15, -0.1) is 0 Å². The van der Waals surface area contributed by atoms with Crippen LogP contribution in [-0.2, 0) is 16.0 Å². The molecule has 3 rings (SSSR count). The first kappa shape index (κ1) is 25.7. The Balaban J connectivity index is 1.70. The van der Waals surface area contributed by atoms with E-state index in [0.717, 1.165) is 24.0 Å². The van der Waals surface area contributed by atoms with Gasteiger partial charge in [-0.05, 0) is 92.2 Å². The molecule has 2 aromatic carbocycles. The van der Waals surface area contributed by atoms with Gasteiger partial charge in [0, 0.05) is 0 Å². The SMILES string of the molecule is CC(C)(C)OC(=O)c1ccc(CC(C(=O)O)c2ccc(C3=CCC(C(C)(C)C)CC3)cc2)cc1. The van der Waals surface area contributed by atoms with Gasteiger partial charge in [-0.2, -0.15) is 0 Å². The smallest absolute Gasteiger partial charge is 0.338 e. The predicted octanol–water partition coefficient (Wildman–Crippen LogP) is 7.28. The van der Waals surface area contributed by atoms with Crippen LogP contribution in [0.2, 0.25) is 0 Å². The molecule has 0 fully saturated rings. The van der Waals surface area contributed by atoms with Crippen molar-refractivity contribution >= 4 is 17.5 Å². The molecule has 34 heavy (non-hydrogen) atoms. The molecule has 182 valence electrons. The Morgan fingerprint density at radius 2 is 1.59 bits per heavy atom. The van der Waals surface area contributed by atoms with Crippen LogP contribution in [0.15, 0.2) is 54.6 Å². The summed E-state index contributed by atoms with van der Waals surface area (Å²) < 4.78 is 5.40. The molecular weight excluding hydrogens is 424 g/mol. The topological polar surface area (TPSA) is 63.6 Å². The number of aliphatic carboxylic acids is 1. The summed E-state index contributed by atoms with van der Waals surface area (Å²) in [5.74, 6) is -1.18. The van der Waals surface area contributed by atoms with Crippen LogP contribution >= 0.6 is 0 Å². The van der Waals surface area contributed by atoms with Crippen molar-refractivity contribution in [3.05, 3.63) is 76.9 Å².